The second-order valence-corrected chi connectivity index (χ2v) is 9.40. The molecule has 0 radical (unpaired) electrons. The van der Waals surface area contributed by atoms with E-state index >= 15 is 0 Å². The van der Waals surface area contributed by atoms with Crippen molar-refractivity contribution in [3.05, 3.63) is 41.5 Å². The number of hydrogen-bond acceptors (Lipinski definition) is 4. The molecule has 0 bridgehead atoms. The van der Waals surface area contributed by atoms with E-state index in [1.165, 1.54) is 24.0 Å². The predicted molar refractivity (Wildman–Crippen MR) is 92.9 cm³/mol. The highest BCUT2D eigenvalue weighted by Crippen LogP contribution is 2.40. The van der Waals surface area contributed by atoms with Crippen molar-refractivity contribution in [1.82, 2.24) is 19.1 Å². The van der Waals surface area contributed by atoms with E-state index in [0.29, 0.717) is 23.9 Å². The van der Waals surface area contributed by atoms with Crippen molar-refractivity contribution in [1.29, 1.82) is 0 Å². The largest absolute Gasteiger partial charge is 0.313 e. The molecular formula is C18H22N4O2S. The Morgan fingerprint density at radius 3 is 2.76 bits per heavy atom. The fourth-order valence-corrected chi connectivity index (χ4v) is 5.72. The van der Waals surface area contributed by atoms with Gasteiger partial charge in [-0.25, -0.2) is 8.42 Å². The molecular weight excluding hydrogens is 336 g/mol. The molecule has 0 spiro atoms. The molecule has 3 aliphatic rings. The average Bonchev–Trinajstić information content (AvgIpc) is 3.07. The van der Waals surface area contributed by atoms with Gasteiger partial charge in [-0.3, -0.25) is 0 Å². The van der Waals surface area contributed by atoms with Crippen molar-refractivity contribution in [3.63, 3.8) is 0 Å². The third kappa shape index (κ3) is 2.60. The molecule has 1 saturated carbocycles. The summed E-state index contributed by atoms with van der Waals surface area (Å²) in [5, 5.41) is 8.31. The summed E-state index contributed by atoms with van der Waals surface area (Å²) < 4.78 is 29.9. The number of benzene rings is 1. The molecule has 2 aliphatic carbocycles. The first-order valence-electron chi connectivity index (χ1n) is 9.14. The van der Waals surface area contributed by atoms with Gasteiger partial charge in [-0.15, -0.1) is 10.2 Å². The quantitative estimate of drug-likeness (QED) is 0.841. The lowest BCUT2D eigenvalue weighted by molar-refractivity contribution is 0.446. The highest BCUT2D eigenvalue weighted by Gasteiger charge is 2.37. The summed E-state index contributed by atoms with van der Waals surface area (Å²) in [6.07, 6.45) is 8.12. The first-order valence-corrected chi connectivity index (χ1v) is 10.6. The summed E-state index contributed by atoms with van der Waals surface area (Å²) in [4.78, 5) is 0.444. The topological polar surface area (TPSA) is 68.1 Å². The second kappa shape index (κ2) is 5.64. The number of nitrogens with zero attached hydrogens (tertiary/aromatic N) is 4. The van der Waals surface area contributed by atoms with Crippen LogP contribution in [0, 0.1) is 0 Å². The molecule has 1 aliphatic heterocycles. The van der Waals surface area contributed by atoms with Gasteiger partial charge in [0.1, 0.15) is 12.2 Å². The van der Waals surface area contributed by atoms with E-state index in [4.69, 9.17) is 0 Å². The van der Waals surface area contributed by atoms with Gasteiger partial charge >= 0.3 is 0 Å². The minimum atomic E-state index is -3.42. The van der Waals surface area contributed by atoms with Gasteiger partial charge in [0, 0.05) is 19.0 Å². The van der Waals surface area contributed by atoms with Crippen LogP contribution in [-0.2, 0) is 22.9 Å². The lowest BCUT2D eigenvalue weighted by Gasteiger charge is -2.18. The number of hydrogen-bond donors (Lipinski definition) is 0. The average molecular weight is 358 g/mol. The molecule has 1 aromatic carbocycles. The molecule has 1 atom stereocenters. The fraction of sp³-hybridized carbons (Fsp3) is 0.556. The molecule has 1 aromatic heterocycles. The van der Waals surface area contributed by atoms with E-state index in [0.717, 1.165) is 31.5 Å². The monoisotopic (exact) mass is 358 g/mol. The zero-order valence-corrected chi connectivity index (χ0v) is 15.0. The van der Waals surface area contributed by atoms with Crippen molar-refractivity contribution < 1.29 is 8.42 Å². The van der Waals surface area contributed by atoms with Crippen molar-refractivity contribution in [2.45, 2.75) is 55.4 Å². The number of aryl methyl sites for hydroxylation is 2. The third-order valence-electron chi connectivity index (χ3n) is 5.77. The van der Waals surface area contributed by atoms with Crippen LogP contribution in [0.15, 0.2) is 29.4 Å². The Labute approximate surface area is 147 Å². The van der Waals surface area contributed by atoms with Gasteiger partial charge in [0.2, 0.25) is 10.0 Å². The Hall–Kier alpha value is -1.73. The van der Waals surface area contributed by atoms with Gasteiger partial charge in [-0.2, -0.15) is 4.31 Å². The van der Waals surface area contributed by atoms with Crippen LogP contribution >= 0.6 is 0 Å². The number of sulfonamides is 1. The first-order chi connectivity index (χ1) is 12.1. The minimum Gasteiger partial charge on any atom is -0.313 e. The first kappa shape index (κ1) is 15.5. The third-order valence-corrected chi connectivity index (χ3v) is 7.63. The maximum Gasteiger partial charge on any atom is 0.243 e. The number of rotatable bonds is 4. The van der Waals surface area contributed by atoms with Crippen molar-refractivity contribution in [2.24, 2.45) is 0 Å². The van der Waals surface area contributed by atoms with Gasteiger partial charge in [0.15, 0.2) is 0 Å². The Morgan fingerprint density at radius 2 is 1.92 bits per heavy atom. The van der Waals surface area contributed by atoms with E-state index in [2.05, 4.69) is 14.8 Å². The molecule has 5 rings (SSSR count). The molecule has 1 saturated heterocycles. The Bertz CT molecular complexity index is 917. The van der Waals surface area contributed by atoms with Crippen molar-refractivity contribution in [2.75, 3.05) is 13.1 Å². The zero-order chi connectivity index (χ0) is 17.0. The van der Waals surface area contributed by atoms with Crippen LogP contribution in [0.1, 0.15) is 54.6 Å². The van der Waals surface area contributed by atoms with Gasteiger partial charge in [0.25, 0.3) is 0 Å². The van der Waals surface area contributed by atoms with Gasteiger partial charge < -0.3 is 4.57 Å². The molecule has 132 valence electrons. The summed E-state index contributed by atoms with van der Waals surface area (Å²) in [5.41, 5.74) is 2.50. The number of aromatic nitrogens is 3. The molecule has 2 aromatic rings. The Kier molecular flexibility index (Phi) is 3.50. The molecule has 1 unspecified atom stereocenters. The standard InChI is InChI=1S/C18H22N4O2S/c23-25(24,17-7-6-13-2-1-3-15(13)10-17)21-9-8-16(11-21)22-12-19-20-18(22)14-4-5-14/h6-7,10,12,14,16H,1-5,8-9,11H2. The summed E-state index contributed by atoms with van der Waals surface area (Å²) in [6, 6.07) is 5.81. The van der Waals surface area contributed by atoms with Crippen LogP contribution in [0.3, 0.4) is 0 Å². The molecule has 0 N–H and O–H groups in total. The number of fused-ring (bicyclic) bond motifs is 1. The Morgan fingerprint density at radius 1 is 1.08 bits per heavy atom. The van der Waals surface area contributed by atoms with Gasteiger partial charge in [-0.05, 0) is 61.8 Å². The van der Waals surface area contributed by atoms with Crippen LogP contribution < -0.4 is 0 Å². The molecule has 7 heteroatoms. The lowest BCUT2D eigenvalue weighted by Crippen LogP contribution is -2.29. The smallest absolute Gasteiger partial charge is 0.243 e. The maximum atomic E-state index is 13.1. The van der Waals surface area contributed by atoms with Crippen LogP contribution in [0.25, 0.3) is 0 Å². The summed E-state index contributed by atoms with van der Waals surface area (Å²) in [6.45, 7) is 1.07. The van der Waals surface area contributed by atoms with Crippen LogP contribution in [0.4, 0.5) is 0 Å². The van der Waals surface area contributed by atoms with E-state index in [1.807, 2.05) is 12.1 Å². The van der Waals surface area contributed by atoms with Crippen LogP contribution in [-0.4, -0.2) is 40.6 Å². The molecule has 0 amide bonds. The zero-order valence-electron chi connectivity index (χ0n) is 14.1. The highest BCUT2D eigenvalue weighted by atomic mass is 32.2. The lowest BCUT2D eigenvalue weighted by atomic mass is 10.1. The molecule has 2 heterocycles. The van der Waals surface area contributed by atoms with E-state index in [-0.39, 0.29) is 6.04 Å². The van der Waals surface area contributed by atoms with Crippen LogP contribution in [0.2, 0.25) is 0 Å². The van der Waals surface area contributed by atoms with E-state index in [1.54, 1.807) is 16.7 Å². The van der Waals surface area contributed by atoms with Crippen molar-refractivity contribution in [3.8, 4) is 0 Å². The maximum absolute atomic E-state index is 13.1. The van der Waals surface area contributed by atoms with Crippen molar-refractivity contribution >= 4 is 10.0 Å². The normalized spacial score (nSPS) is 23.9. The Balaban J connectivity index is 1.39. The molecule has 6 nitrogen and oxygen atoms in total. The fourth-order valence-electron chi connectivity index (χ4n) is 4.18. The summed E-state index contributed by atoms with van der Waals surface area (Å²) >= 11 is 0. The predicted octanol–water partition coefficient (Wildman–Crippen LogP) is 2.28. The highest BCUT2D eigenvalue weighted by molar-refractivity contribution is 7.89. The second-order valence-electron chi connectivity index (χ2n) is 7.46. The SMILES string of the molecule is O=S(=O)(c1ccc2c(c1)CCC2)N1CCC(n2cnnc2C2CC2)C1. The van der Waals surface area contributed by atoms with E-state index < -0.39 is 10.0 Å². The van der Waals surface area contributed by atoms with E-state index in [9.17, 15) is 8.42 Å². The molecule has 25 heavy (non-hydrogen) atoms. The minimum absolute atomic E-state index is 0.148. The van der Waals surface area contributed by atoms with Gasteiger partial charge in [-0.1, -0.05) is 6.07 Å². The summed E-state index contributed by atoms with van der Waals surface area (Å²) in [5.74, 6) is 1.55. The molecule has 2 fully saturated rings. The van der Waals surface area contributed by atoms with Gasteiger partial charge in [0.05, 0.1) is 10.9 Å². The summed E-state index contributed by atoms with van der Waals surface area (Å²) in [7, 11) is -3.42. The van der Waals surface area contributed by atoms with Crippen LogP contribution in [0.5, 0.6) is 0 Å².